The van der Waals surface area contributed by atoms with E-state index in [1.165, 1.54) is 77.6 Å². The van der Waals surface area contributed by atoms with E-state index in [0.29, 0.717) is 22.6 Å². The fourth-order valence-corrected chi connectivity index (χ4v) is 10.8. The van der Waals surface area contributed by atoms with Crippen LogP contribution in [0, 0.1) is 27.6 Å². The van der Waals surface area contributed by atoms with E-state index in [-0.39, 0.29) is 5.56 Å². The van der Waals surface area contributed by atoms with Crippen LogP contribution in [0.15, 0.2) is 97.3 Å². The lowest BCUT2D eigenvalue weighted by atomic mass is 9.71. The molecule has 0 N–H and O–H groups in total. The number of rotatable bonds is 4. The van der Waals surface area contributed by atoms with Crippen LogP contribution in [0.2, 0.25) is 0 Å². The number of pyridine rings is 2. The minimum Gasteiger partial charge on any atom is -0.201 e. The van der Waals surface area contributed by atoms with Crippen LogP contribution >= 0.6 is 0 Å². The Morgan fingerprint density at radius 1 is 0.518 bits per heavy atom. The van der Waals surface area contributed by atoms with Crippen molar-refractivity contribution in [2.24, 2.45) is 14.1 Å². The van der Waals surface area contributed by atoms with E-state index in [1.54, 1.807) is 22.9 Å². The highest BCUT2D eigenvalue weighted by Crippen LogP contribution is 2.46. The molecule has 0 radical (unpaired) electrons. The summed E-state index contributed by atoms with van der Waals surface area (Å²) in [6.45, 7) is -0.472. The summed E-state index contributed by atoms with van der Waals surface area (Å²) in [5.41, 5.74) is 19.7. The van der Waals surface area contributed by atoms with Gasteiger partial charge in [0.25, 0.3) is 0 Å². The molecule has 0 aliphatic heterocycles. The number of nitrogens with zero attached hydrogens (tertiary/aromatic N) is 2. The maximum absolute atomic E-state index is 8.52. The van der Waals surface area contributed by atoms with Crippen molar-refractivity contribution in [2.45, 2.75) is 116 Å². The maximum Gasteiger partial charge on any atom is 0.213 e. The van der Waals surface area contributed by atoms with Gasteiger partial charge in [0.05, 0.1) is 0 Å². The summed E-state index contributed by atoms with van der Waals surface area (Å²) in [4.78, 5) is 0. The Balaban J connectivity index is 0.000000163. The van der Waals surface area contributed by atoms with E-state index in [2.05, 4.69) is 73.3 Å². The Morgan fingerprint density at radius 2 is 1.09 bits per heavy atom. The van der Waals surface area contributed by atoms with Gasteiger partial charge in [0, 0.05) is 43.1 Å². The van der Waals surface area contributed by atoms with Crippen molar-refractivity contribution in [3.05, 3.63) is 153 Å². The largest absolute Gasteiger partial charge is 0.213 e. The molecule has 2 heterocycles. The molecule has 2 aromatic heterocycles. The molecule has 10 rings (SSSR count). The molecule has 2 nitrogen and oxygen atoms in total. The van der Waals surface area contributed by atoms with Crippen LogP contribution in [0.4, 0.5) is 0 Å². The number of benzene rings is 4. The predicted molar refractivity (Wildman–Crippen MR) is 233 cm³/mol. The van der Waals surface area contributed by atoms with Gasteiger partial charge >= 0.3 is 0 Å². The first-order valence-electron chi connectivity index (χ1n) is 24.2. The van der Waals surface area contributed by atoms with Crippen LogP contribution in [0.3, 0.4) is 0 Å². The Bertz CT molecular complexity index is 2660. The summed E-state index contributed by atoms with van der Waals surface area (Å²) in [6.07, 6.45) is 17.9. The molecule has 1 atom stereocenters. The fraction of sp³-hybridized carbons (Fsp3) is 0.370. The monoisotopic (exact) mass is 743 g/mol. The molecule has 0 saturated carbocycles. The summed E-state index contributed by atoms with van der Waals surface area (Å²) in [5, 5.41) is 0. The summed E-state index contributed by atoms with van der Waals surface area (Å²) in [6, 6.07) is 30.2. The Labute approximate surface area is 344 Å². The highest BCUT2D eigenvalue weighted by atomic mass is 14.9. The highest BCUT2D eigenvalue weighted by molar-refractivity contribution is 5.77. The van der Waals surface area contributed by atoms with Crippen LogP contribution in [-0.4, -0.2) is 0 Å². The standard InChI is InChI=1S/C28H32N.C26H28N/c1-18-9-5-6-13-23(18)27-16-25(19(2)17-29(27)4)26-15-22-12-7-10-21-11-8-14-24(20(26)3)28(21)22;1-18-7-3-4-12-24(18)25-17-20(13-14-27(25)2)23-15-21-10-5-8-19-9-6-11-22(16-23)26(19)21/h5-6,9,13,15-17,21H,7-8,10-12,14H2,1-4H3;3-4,7,12-17,19H,5-6,8-11H2,1-2H3/q2*+1/i2D3,3D3;. The lowest BCUT2D eigenvalue weighted by Crippen LogP contribution is -2.31. The average molecular weight is 743 g/mol. The zero-order valence-electron chi connectivity index (χ0n) is 39.8. The first kappa shape index (κ1) is 30.3. The van der Waals surface area contributed by atoms with Gasteiger partial charge in [-0.25, -0.2) is 9.13 Å². The fourth-order valence-electron chi connectivity index (χ4n) is 10.8. The second kappa shape index (κ2) is 15.3. The topological polar surface area (TPSA) is 7.76 Å². The van der Waals surface area contributed by atoms with Crippen molar-refractivity contribution in [1.82, 2.24) is 0 Å². The molecular weight excluding hydrogens is 677 g/mol. The van der Waals surface area contributed by atoms with Gasteiger partial charge in [0.1, 0.15) is 14.1 Å². The average Bonchev–Trinajstić information content (AvgIpc) is 3.24. The molecule has 4 aliphatic carbocycles. The Morgan fingerprint density at radius 3 is 1.70 bits per heavy atom. The lowest BCUT2D eigenvalue weighted by molar-refractivity contribution is -0.660. The predicted octanol–water partition coefficient (Wildman–Crippen LogP) is 12.4. The summed E-state index contributed by atoms with van der Waals surface area (Å²) < 4.78 is 54.6. The van der Waals surface area contributed by atoms with Crippen LogP contribution in [0.25, 0.3) is 44.8 Å². The molecule has 0 bridgehead atoms. The minimum atomic E-state index is -2.38. The van der Waals surface area contributed by atoms with Gasteiger partial charge in [0.2, 0.25) is 11.4 Å². The summed E-state index contributed by atoms with van der Waals surface area (Å²) in [7, 11) is 4.00. The number of hydrogen-bond acceptors (Lipinski definition) is 0. The Hall–Kier alpha value is -4.82. The van der Waals surface area contributed by atoms with Crippen molar-refractivity contribution in [2.75, 3.05) is 0 Å². The van der Waals surface area contributed by atoms with Crippen molar-refractivity contribution >= 4 is 0 Å². The van der Waals surface area contributed by atoms with E-state index in [1.807, 2.05) is 54.9 Å². The van der Waals surface area contributed by atoms with Gasteiger partial charge in [-0.05, 0) is 201 Å². The normalized spacial score (nSPS) is 19.1. The quantitative estimate of drug-likeness (QED) is 0.159. The first-order chi connectivity index (χ1) is 29.7. The Kier molecular flexibility index (Phi) is 8.27. The van der Waals surface area contributed by atoms with E-state index < -0.39 is 13.7 Å². The smallest absolute Gasteiger partial charge is 0.201 e. The third kappa shape index (κ3) is 6.74. The van der Waals surface area contributed by atoms with Gasteiger partial charge in [-0.15, -0.1) is 0 Å². The SMILES string of the molecule is Cc1ccccc1-c1cc(-c2cc3c4c(c2)CCCC4CCC3)cc[n+]1C.[2H]C([2H])([2H])c1c[n+](C)c(-c2ccccc2C)cc1-c1cc2c3c(c1C([2H])([2H])[2H])CCCC3CCC2. The number of hydrogen-bond donors (Lipinski definition) is 0. The van der Waals surface area contributed by atoms with Crippen molar-refractivity contribution in [1.29, 1.82) is 0 Å². The molecule has 0 fully saturated rings. The molecule has 0 spiro atoms. The maximum atomic E-state index is 8.52. The third-order valence-electron chi connectivity index (χ3n) is 13.6. The second-order valence-electron chi connectivity index (χ2n) is 17.2. The molecule has 56 heavy (non-hydrogen) atoms. The van der Waals surface area contributed by atoms with Crippen molar-refractivity contribution < 1.29 is 17.4 Å². The van der Waals surface area contributed by atoms with E-state index in [4.69, 9.17) is 8.22 Å². The summed E-state index contributed by atoms with van der Waals surface area (Å²) in [5.74, 6) is 1.26. The zero-order chi connectivity index (χ0) is 43.5. The van der Waals surface area contributed by atoms with Crippen LogP contribution < -0.4 is 9.13 Å². The number of aryl methyl sites for hydroxylation is 8. The van der Waals surface area contributed by atoms with Gasteiger partial charge in [-0.2, -0.15) is 0 Å². The van der Waals surface area contributed by atoms with Crippen LogP contribution in [-0.2, 0) is 39.8 Å². The van der Waals surface area contributed by atoms with Gasteiger partial charge in [-0.1, -0.05) is 54.6 Å². The second-order valence-corrected chi connectivity index (χ2v) is 17.2. The molecule has 2 heteroatoms. The van der Waals surface area contributed by atoms with Crippen LogP contribution in [0.5, 0.6) is 0 Å². The molecule has 0 amide bonds. The molecule has 4 aliphatic rings. The third-order valence-corrected chi connectivity index (χ3v) is 13.6. The van der Waals surface area contributed by atoms with Gasteiger partial charge < -0.3 is 0 Å². The minimum absolute atomic E-state index is 0.193. The molecular formula is C54H60N2+2. The molecule has 1 unspecified atom stereocenters. The van der Waals surface area contributed by atoms with Crippen molar-refractivity contribution in [3.63, 3.8) is 0 Å². The van der Waals surface area contributed by atoms with E-state index in [9.17, 15) is 0 Å². The van der Waals surface area contributed by atoms with E-state index in [0.717, 1.165) is 66.8 Å². The summed E-state index contributed by atoms with van der Waals surface area (Å²) >= 11 is 0. The molecule has 0 saturated heterocycles. The lowest BCUT2D eigenvalue weighted by Gasteiger charge is -2.34. The van der Waals surface area contributed by atoms with Crippen LogP contribution in [0.1, 0.15) is 127 Å². The zero-order valence-corrected chi connectivity index (χ0v) is 33.8. The van der Waals surface area contributed by atoms with Gasteiger partial charge in [-0.3, -0.25) is 0 Å². The van der Waals surface area contributed by atoms with E-state index >= 15 is 0 Å². The highest BCUT2D eigenvalue weighted by Gasteiger charge is 2.30. The molecule has 284 valence electrons. The van der Waals surface area contributed by atoms with Gasteiger partial charge in [0.15, 0.2) is 12.4 Å². The first-order valence-corrected chi connectivity index (χ1v) is 21.2. The number of aromatic nitrogens is 2. The molecule has 4 aromatic carbocycles. The molecule has 6 aromatic rings. The van der Waals surface area contributed by atoms with Crippen molar-refractivity contribution in [3.8, 4) is 44.8 Å².